The van der Waals surface area contributed by atoms with E-state index in [2.05, 4.69) is 45.7 Å². The Kier molecular flexibility index (Phi) is 5.06. The van der Waals surface area contributed by atoms with Gasteiger partial charge in [-0.05, 0) is 57.7 Å². The monoisotopic (exact) mass is 412 g/mol. The zero-order chi connectivity index (χ0) is 15.6. The molecule has 0 saturated carbocycles. The van der Waals surface area contributed by atoms with Gasteiger partial charge >= 0.3 is 5.97 Å². The van der Waals surface area contributed by atoms with E-state index in [1.807, 2.05) is 18.2 Å². The third-order valence-electron chi connectivity index (χ3n) is 3.00. The zero-order valence-corrected chi connectivity index (χ0v) is 14.7. The number of carboxylic acids is 1. The second kappa shape index (κ2) is 6.62. The van der Waals surface area contributed by atoms with Crippen molar-refractivity contribution in [2.75, 3.05) is 0 Å². The maximum atomic E-state index is 11.4. The number of benzene rings is 2. The van der Waals surface area contributed by atoms with Gasteiger partial charge in [-0.15, -0.1) is 0 Å². The van der Waals surface area contributed by atoms with Crippen molar-refractivity contribution < 1.29 is 14.6 Å². The van der Waals surface area contributed by atoms with Gasteiger partial charge in [-0.2, -0.15) is 0 Å². The maximum absolute atomic E-state index is 11.4. The molecule has 21 heavy (non-hydrogen) atoms. The molecule has 0 aromatic heterocycles. The van der Waals surface area contributed by atoms with Crippen LogP contribution in [0.2, 0.25) is 0 Å². The van der Waals surface area contributed by atoms with Crippen molar-refractivity contribution in [1.29, 1.82) is 0 Å². The average molecular weight is 414 g/mol. The highest BCUT2D eigenvalue weighted by molar-refractivity contribution is 9.10. The van der Waals surface area contributed by atoms with Crippen LogP contribution in [0.1, 0.15) is 35.7 Å². The van der Waals surface area contributed by atoms with Gasteiger partial charge < -0.3 is 9.84 Å². The van der Waals surface area contributed by atoms with Crippen LogP contribution in [0.4, 0.5) is 0 Å². The van der Waals surface area contributed by atoms with E-state index in [1.165, 1.54) is 0 Å². The molecule has 0 aliphatic rings. The molecule has 0 fully saturated rings. The van der Waals surface area contributed by atoms with Crippen LogP contribution in [0, 0.1) is 0 Å². The summed E-state index contributed by atoms with van der Waals surface area (Å²) in [5.74, 6) is 0.216. The van der Waals surface area contributed by atoms with Gasteiger partial charge in [0.1, 0.15) is 17.1 Å². The fourth-order valence-electron chi connectivity index (χ4n) is 1.98. The second-order valence-corrected chi connectivity index (χ2v) is 6.63. The van der Waals surface area contributed by atoms with Gasteiger partial charge in [-0.1, -0.05) is 35.8 Å². The van der Waals surface area contributed by atoms with Crippen LogP contribution < -0.4 is 4.74 Å². The number of rotatable bonds is 4. The number of hydrogen-bond donors (Lipinski definition) is 1. The van der Waals surface area contributed by atoms with Crippen molar-refractivity contribution in [3.63, 3.8) is 0 Å². The Morgan fingerprint density at radius 2 is 1.86 bits per heavy atom. The van der Waals surface area contributed by atoms with Crippen LogP contribution in [0.3, 0.4) is 0 Å². The van der Waals surface area contributed by atoms with Crippen LogP contribution in [0.25, 0.3) is 0 Å². The van der Waals surface area contributed by atoms with E-state index in [0.717, 1.165) is 10.0 Å². The summed E-state index contributed by atoms with van der Waals surface area (Å²) in [6, 6.07) is 10.8. The van der Waals surface area contributed by atoms with E-state index >= 15 is 0 Å². The van der Waals surface area contributed by atoms with E-state index in [4.69, 9.17) is 4.74 Å². The summed E-state index contributed by atoms with van der Waals surface area (Å²) in [5, 5.41) is 9.33. The predicted molar refractivity (Wildman–Crippen MR) is 89.4 cm³/mol. The summed E-state index contributed by atoms with van der Waals surface area (Å²) in [7, 11) is 0. The van der Waals surface area contributed by atoms with E-state index in [0.29, 0.717) is 16.0 Å². The van der Waals surface area contributed by atoms with Crippen LogP contribution >= 0.6 is 31.9 Å². The standard InChI is InChI=1S/C16H14Br2O3/c1-9(2)11-8-10(17)6-7-13(11)21-14-5-3-4-12(18)15(14)16(19)20/h3-9H,1-2H3,(H,19,20). The van der Waals surface area contributed by atoms with E-state index in [9.17, 15) is 9.90 Å². The number of carboxylic acid groups (broad SMARTS) is 1. The predicted octanol–water partition coefficient (Wildman–Crippen LogP) is 5.83. The van der Waals surface area contributed by atoms with Crippen LogP contribution in [0.15, 0.2) is 45.3 Å². The molecule has 0 saturated heterocycles. The summed E-state index contributed by atoms with van der Waals surface area (Å²) in [5.41, 5.74) is 1.14. The molecule has 0 atom stereocenters. The summed E-state index contributed by atoms with van der Waals surface area (Å²) >= 11 is 6.69. The summed E-state index contributed by atoms with van der Waals surface area (Å²) in [4.78, 5) is 11.4. The Morgan fingerprint density at radius 1 is 1.14 bits per heavy atom. The van der Waals surface area contributed by atoms with Crippen LogP contribution in [-0.2, 0) is 0 Å². The smallest absolute Gasteiger partial charge is 0.340 e. The molecule has 1 N–H and O–H groups in total. The molecule has 0 bridgehead atoms. The Morgan fingerprint density at radius 3 is 2.48 bits per heavy atom. The van der Waals surface area contributed by atoms with Crippen molar-refractivity contribution >= 4 is 37.8 Å². The lowest BCUT2D eigenvalue weighted by molar-refractivity contribution is 0.0693. The highest BCUT2D eigenvalue weighted by Crippen LogP contribution is 2.36. The molecule has 0 spiro atoms. The van der Waals surface area contributed by atoms with Crippen molar-refractivity contribution in [1.82, 2.24) is 0 Å². The van der Waals surface area contributed by atoms with Crippen molar-refractivity contribution in [3.05, 3.63) is 56.5 Å². The SMILES string of the molecule is CC(C)c1cc(Br)ccc1Oc1cccc(Br)c1C(=O)O. The normalized spacial score (nSPS) is 10.7. The molecule has 0 amide bonds. The molecule has 2 rings (SSSR count). The minimum absolute atomic E-state index is 0.120. The van der Waals surface area contributed by atoms with Crippen molar-refractivity contribution in [2.24, 2.45) is 0 Å². The molecule has 2 aromatic carbocycles. The molecular formula is C16H14Br2O3. The summed E-state index contributed by atoms with van der Waals surface area (Å²) < 4.78 is 7.33. The second-order valence-electron chi connectivity index (χ2n) is 4.86. The Balaban J connectivity index is 2.49. The molecule has 5 heteroatoms. The minimum Gasteiger partial charge on any atom is -0.478 e. The summed E-state index contributed by atoms with van der Waals surface area (Å²) in [6.45, 7) is 4.13. The van der Waals surface area contributed by atoms with Crippen LogP contribution in [0.5, 0.6) is 11.5 Å². The van der Waals surface area contributed by atoms with Gasteiger partial charge in [0.05, 0.1) is 0 Å². The van der Waals surface area contributed by atoms with Gasteiger partial charge in [-0.25, -0.2) is 4.79 Å². The third-order valence-corrected chi connectivity index (χ3v) is 4.16. The molecule has 3 nitrogen and oxygen atoms in total. The first-order valence-corrected chi connectivity index (χ1v) is 7.98. The first-order chi connectivity index (χ1) is 9.90. The lowest BCUT2D eigenvalue weighted by Crippen LogP contribution is -2.02. The molecule has 0 aliphatic carbocycles. The number of ether oxygens (including phenoxy) is 1. The fourth-order valence-corrected chi connectivity index (χ4v) is 2.88. The third kappa shape index (κ3) is 3.66. The maximum Gasteiger partial charge on any atom is 0.340 e. The number of carbonyl (C=O) groups is 1. The molecular weight excluding hydrogens is 400 g/mol. The molecule has 0 unspecified atom stereocenters. The highest BCUT2D eigenvalue weighted by Gasteiger charge is 2.17. The Labute approximate surface area is 140 Å². The van der Waals surface area contributed by atoms with E-state index in [1.54, 1.807) is 18.2 Å². The Bertz CT molecular complexity index is 681. The molecule has 110 valence electrons. The first kappa shape index (κ1) is 16.0. The average Bonchev–Trinajstić information content (AvgIpc) is 2.40. The molecule has 0 heterocycles. The fraction of sp³-hybridized carbons (Fsp3) is 0.188. The van der Waals surface area contributed by atoms with Gasteiger partial charge in [0.15, 0.2) is 0 Å². The largest absolute Gasteiger partial charge is 0.478 e. The summed E-state index contributed by atoms with van der Waals surface area (Å²) in [6.07, 6.45) is 0. The van der Waals surface area contributed by atoms with Crippen LogP contribution in [-0.4, -0.2) is 11.1 Å². The quantitative estimate of drug-likeness (QED) is 0.686. The van der Waals surface area contributed by atoms with E-state index < -0.39 is 5.97 Å². The van der Waals surface area contributed by atoms with Crippen molar-refractivity contribution in [2.45, 2.75) is 19.8 Å². The number of aromatic carboxylic acids is 1. The lowest BCUT2D eigenvalue weighted by Gasteiger charge is -2.16. The molecule has 2 aromatic rings. The lowest BCUT2D eigenvalue weighted by atomic mass is 10.0. The number of hydrogen-bond acceptors (Lipinski definition) is 2. The topological polar surface area (TPSA) is 46.5 Å². The zero-order valence-electron chi connectivity index (χ0n) is 11.6. The minimum atomic E-state index is -1.03. The van der Waals surface area contributed by atoms with Crippen molar-refractivity contribution in [3.8, 4) is 11.5 Å². The van der Waals surface area contributed by atoms with Gasteiger partial charge in [0.25, 0.3) is 0 Å². The van der Waals surface area contributed by atoms with E-state index in [-0.39, 0.29) is 11.5 Å². The first-order valence-electron chi connectivity index (χ1n) is 6.39. The Hall–Kier alpha value is -1.33. The van der Waals surface area contributed by atoms with Gasteiger partial charge in [0, 0.05) is 8.95 Å². The molecule has 0 aliphatic heterocycles. The molecule has 0 radical (unpaired) electrons. The number of halogens is 2. The van der Waals surface area contributed by atoms with Gasteiger partial charge in [0.2, 0.25) is 0 Å². The van der Waals surface area contributed by atoms with Gasteiger partial charge in [-0.3, -0.25) is 0 Å². The highest BCUT2D eigenvalue weighted by atomic mass is 79.9.